The van der Waals surface area contributed by atoms with Crippen molar-refractivity contribution in [3.63, 3.8) is 0 Å². The van der Waals surface area contributed by atoms with Crippen molar-refractivity contribution in [1.82, 2.24) is 19.9 Å². The number of ether oxygens (including phenoxy) is 1. The molecule has 65 heavy (non-hydrogen) atoms. The molecule has 0 aliphatic carbocycles. The predicted molar refractivity (Wildman–Crippen MR) is 230 cm³/mol. The van der Waals surface area contributed by atoms with Gasteiger partial charge in [0.05, 0.1) is 28.3 Å². The fourth-order valence-electron chi connectivity index (χ4n) is 7.74. The molecule has 7 aromatic rings. The Labute approximate surface area is 363 Å². The number of hydrogen-bond acceptors (Lipinski definition) is 5. The lowest BCUT2D eigenvalue weighted by atomic mass is 9.95. The minimum absolute atomic E-state index is 0.00946. The number of halogens is 9. The van der Waals surface area contributed by atoms with E-state index in [1.165, 1.54) is 30.3 Å². The van der Waals surface area contributed by atoms with Crippen LogP contribution in [-0.4, -0.2) is 51.7 Å². The highest BCUT2D eigenvalue weighted by molar-refractivity contribution is 7.87. The highest BCUT2D eigenvalue weighted by atomic mass is 32.3. The maximum Gasteiger partial charge on any atom is 0.464 e. The standard InChI is InChI=1S/C48H29F9N4O3S/c49-45(50,46(51,52)64-47(53,54)48(55,56)65(57,62)63)32-27-39-42(30-17-9-3-10-18-30)37-24-23-35(59-37)40(28-13-5-1-6-14-28)33-21-22-34(58-33)41(29-15-7-2-8-16-29)36-25-26-38(60-36)43(44(32)61-39)31-19-11-4-12-20-31/h1-27,59-60H. The van der Waals surface area contributed by atoms with Gasteiger partial charge in [-0.1, -0.05) is 125 Å². The highest BCUT2D eigenvalue weighted by Gasteiger charge is 2.75. The predicted octanol–water partition coefficient (Wildman–Crippen LogP) is 13.4. The van der Waals surface area contributed by atoms with Crippen LogP contribution in [0, 0.1) is 0 Å². The van der Waals surface area contributed by atoms with Crippen LogP contribution in [0.15, 0.2) is 146 Å². The third-order valence-electron chi connectivity index (χ3n) is 10.7. The van der Waals surface area contributed by atoms with E-state index in [0.717, 1.165) is 5.56 Å². The molecular weight excluding hydrogens is 884 g/mol. The van der Waals surface area contributed by atoms with Gasteiger partial charge in [0.15, 0.2) is 0 Å². The van der Waals surface area contributed by atoms with Crippen molar-refractivity contribution < 1.29 is 52.2 Å². The number of nitrogens with one attached hydrogen (secondary N) is 2. The molecule has 7 nitrogen and oxygen atoms in total. The summed E-state index contributed by atoms with van der Waals surface area (Å²) in [7, 11) is -7.68. The largest absolute Gasteiger partial charge is 0.464 e. The molecule has 17 heteroatoms. The quantitative estimate of drug-likeness (QED) is 0.105. The second kappa shape index (κ2) is 15.8. The number of aromatic nitrogens is 4. The number of H-pyrrole nitrogens is 2. The number of benzene rings is 4. The van der Waals surface area contributed by atoms with Crippen LogP contribution in [0.3, 0.4) is 0 Å². The molecule has 0 amide bonds. The Balaban J connectivity index is 1.46. The summed E-state index contributed by atoms with van der Waals surface area (Å²) in [5, 5.41) is -7.01. The van der Waals surface area contributed by atoms with Gasteiger partial charge in [-0.3, -0.25) is 0 Å². The molecule has 0 fully saturated rings. The first-order chi connectivity index (χ1) is 30.9. The van der Waals surface area contributed by atoms with E-state index in [-0.39, 0.29) is 27.7 Å². The zero-order valence-corrected chi connectivity index (χ0v) is 33.8. The molecule has 9 rings (SSSR count). The summed E-state index contributed by atoms with van der Waals surface area (Å²) < 4.78 is 161. The van der Waals surface area contributed by atoms with Gasteiger partial charge in [-0.25, -0.2) is 14.7 Å². The van der Waals surface area contributed by atoms with Crippen molar-refractivity contribution >= 4 is 56.1 Å². The third kappa shape index (κ3) is 7.49. The lowest BCUT2D eigenvalue weighted by molar-refractivity contribution is -0.446. The van der Waals surface area contributed by atoms with E-state index < -0.39 is 50.6 Å². The summed E-state index contributed by atoms with van der Waals surface area (Å²) in [5.41, 5.74) is 1.53. The maximum absolute atomic E-state index is 16.9. The van der Waals surface area contributed by atoms with Crippen molar-refractivity contribution in [2.75, 3.05) is 0 Å². The van der Waals surface area contributed by atoms with Gasteiger partial charge in [0.2, 0.25) is 0 Å². The molecule has 328 valence electrons. The summed E-state index contributed by atoms with van der Waals surface area (Å²) in [6.07, 6.45) is -9.55. The average molecular weight is 913 g/mol. The Bertz CT molecular complexity index is 3320. The monoisotopic (exact) mass is 912 g/mol. The van der Waals surface area contributed by atoms with E-state index in [2.05, 4.69) is 19.7 Å². The Kier molecular flexibility index (Phi) is 10.4. The highest BCUT2D eigenvalue weighted by Crippen LogP contribution is 2.54. The number of nitrogens with zero attached hydrogens (tertiary/aromatic N) is 2. The molecule has 0 spiro atoms. The minimum atomic E-state index is -7.68. The summed E-state index contributed by atoms with van der Waals surface area (Å²) in [6.45, 7) is 0. The minimum Gasteiger partial charge on any atom is -0.354 e. The molecule has 5 heterocycles. The van der Waals surface area contributed by atoms with Crippen LogP contribution >= 0.6 is 0 Å². The lowest BCUT2D eigenvalue weighted by Gasteiger charge is -2.32. The van der Waals surface area contributed by atoms with Gasteiger partial charge >= 0.3 is 33.6 Å². The molecule has 8 bridgehead atoms. The van der Waals surface area contributed by atoms with Crippen LogP contribution in [0.1, 0.15) is 22.8 Å². The Morgan fingerprint density at radius 2 is 0.800 bits per heavy atom. The molecule has 0 saturated heterocycles. The number of hydrogen-bond donors (Lipinski definition) is 2. The van der Waals surface area contributed by atoms with Crippen LogP contribution < -0.4 is 0 Å². The van der Waals surface area contributed by atoms with E-state index >= 15 is 17.6 Å². The van der Waals surface area contributed by atoms with E-state index in [9.17, 15) is 29.9 Å². The summed E-state index contributed by atoms with van der Waals surface area (Å²) in [5.74, 6) is -6.03. The molecule has 0 radical (unpaired) electrons. The van der Waals surface area contributed by atoms with Gasteiger partial charge in [0, 0.05) is 44.3 Å². The summed E-state index contributed by atoms with van der Waals surface area (Å²) in [6, 6.07) is 40.0. The third-order valence-corrected chi connectivity index (χ3v) is 11.6. The van der Waals surface area contributed by atoms with Crippen LogP contribution in [0.25, 0.3) is 90.4 Å². The van der Waals surface area contributed by atoms with Gasteiger partial charge in [0.25, 0.3) is 0 Å². The van der Waals surface area contributed by atoms with Crippen molar-refractivity contribution in [1.29, 1.82) is 0 Å². The number of fused-ring (bicyclic) bond motifs is 8. The molecule has 2 aliphatic heterocycles. The van der Waals surface area contributed by atoms with E-state index in [1.807, 2.05) is 48.5 Å². The van der Waals surface area contributed by atoms with Crippen LogP contribution in [0.4, 0.5) is 39.0 Å². The molecule has 2 N–H and O–H groups in total. The lowest BCUT2D eigenvalue weighted by Crippen LogP contribution is -2.55. The van der Waals surface area contributed by atoms with Crippen LogP contribution in [0.2, 0.25) is 0 Å². The SMILES string of the molecule is O=S(=O)(F)C(F)(F)C(F)(F)OC(F)(F)C(F)(F)C1=Cc2nc1c(-c1ccccc1)c1ccc([nH]1)c(-c1ccccc1)c1nc(c(-c3ccccc3)c3ccc([nH]3)c2-c2ccccc2)C=C1. The van der Waals surface area contributed by atoms with Gasteiger partial charge < -0.3 is 9.97 Å². The number of alkyl halides is 8. The topological polar surface area (TPSA) is 101 Å². The summed E-state index contributed by atoms with van der Waals surface area (Å²) in [4.78, 5) is 16.2. The first-order valence-corrected chi connectivity index (χ1v) is 20.8. The maximum atomic E-state index is 16.9. The second-order valence-corrected chi connectivity index (χ2v) is 16.2. The van der Waals surface area contributed by atoms with Crippen molar-refractivity contribution in [3.8, 4) is 44.5 Å². The van der Waals surface area contributed by atoms with Gasteiger partial charge in [-0.2, -0.15) is 43.5 Å². The molecule has 0 unspecified atom stereocenters. The zero-order valence-electron chi connectivity index (χ0n) is 33.0. The first-order valence-electron chi connectivity index (χ1n) is 19.5. The summed E-state index contributed by atoms with van der Waals surface area (Å²) >= 11 is 0. The second-order valence-electron chi connectivity index (χ2n) is 14.8. The van der Waals surface area contributed by atoms with Crippen molar-refractivity contribution in [2.24, 2.45) is 0 Å². The zero-order chi connectivity index (χ0) is 45.9. The van der Waals surface area contributed by atoms with Gasteiger partial charge in [-0.15, -0.1) is 0 Å². The van der Waals surface area contributed by atoms with E-state index in [0.29, 0.717) is 50.8 Å². The molecule has 0 saturated carbocycles. The normalized spacial score (nSPS) is 13.5. The Morgan fingerprint density at radius 1 is 0.446 bits per heavy atom. The van der Waals surface area contributed by atoms with Crippen molar-refractivity contribution in [2.45, 2.75) is 23.4 Å². The molecule has 3 aromatic heterocycles. The van der Waals surface area contributed by atoms with Crippen LogP contribution in [-0.2, 0) is 15.0 Å². The first kappa shape index (κ1) is 43.0. The van der Waals surface area contributed by atoms with Crippen LogP contribution in [0.5, 0.6) is 0 Å². The number of rotatable bonds is 10. The fraction of sp³-hybridized carbons (Fsp3) is 0.0833. The van der Waals surface area contributed by atoms with Gasteiger partial charge in [0.1, 0.15) is 0 Å². The van der Waals surface area contributed by atoms with E-state index in [4.69, 9.17) is 4.98 Å². The molecule has 4 aromatic carbocycles. The molecule has 0 atom stereocenters. The Morgan fingerprint density at radius 3 is 1.18 bits per heavy atom. The fourth-order valence-corrected chi connectivity index (χ4v) is 8.06. The molecule has 2 aliphatic rings. The number of aromatic amines is 2. The average Bonchev–Trinajstić information content (AvgIpc) is 4.12. The van der Waals surface area contributed by atoms with Crippen molar-refractivity contribution in [3.05, 3.63) is 168 Å². The van der Waals surface area contributed by atoms with Gasteiger partial charge in [-0.05, 0) is 64.7 Å². The molecular formula is C48H29F9N4O3S. The Hall–Kier alpha value is -7.24. The smallest absolute Gasteiger partial charge is 0.354 e. The van der Waals surface area contributed by atoms with E-state index in [1.54, 1.807) is 78.9 Å².